The van der Waals surface area contributed by atoms with Gasteiger partial charge in [-0.05, 0) is 52.6 Å². The molecule has 1 aliphatic heterocycles. The predicted molar refractivity (Wildman–Crippen MR) is 135 cm³/mol. The van der Waals surface area contributed by atoms with Gasteiger partial charge in [-0.15, -0.1) is 0 Å². The minimum atomic E-state index is -0.258. The average Bonchev–Trinajstić information content (AvgIpc) is 2.87. The molecule has 1 N–H and O–H groups in total. The lowest BCUT2D eigenvalue weighted by molar-refractivity contribution is 0.419. The van der Waals surface area contributed by atoms with Crippen molar-refractivity contribution in [3.63, 3.8) is 0 Å². The standard InChI is InChI=1S/C29H23FN4/c1-34-19-32-28-14-10-23(25-13-9-22(18-27(25)30)21-5-3-2-4-6-21)17-26(28)29(34)33-24-11-7-20(8-12-24)15-16-31/h2-14,17-19,29,33H,15H2,1H3. The number of nitrogens with zero attached hydrogens (tertiary/aromatic N) is 3. The zero-order chi connectivity index (χ0) is 23.5. The summed E-state index contributed by atoms with van der Waals surface area (Å²) in [7, 11) is 1.95. The molecule has 0 saturated heterocycles. The van der Waals surface area contributed by atoms with Crippen LogP contribution < -0.4 is 5.32 Å². The van der Waals surface area contributed by atoms with Gasteiger partial charge in [-0.25, -0.2) is 9.38 Å². The molecule has 0 amide bonds. The molecule has 1 aliphatic rings. The summed E-state index contributed by atoms with van der Waals surface area (Å²) >= 11 is 0. The lowest BCUT2D eigenvalue weighted by Crippen LogP contribution is -2.31. The van der Waals surface area contributed by atoms with Gasteiger partial charge in [0.25, 0.3) is 0 Å². The van der Waals surface area contributed by atoms with E-state index in [0.29, 0.717) is 12.0 Å². The summed E-state index contributed by atoms with van der Waals surface area (Å²) in [6.07, 6.45) is 2.01. The second-order valence-electron chi connectivity index (χ2n) is 8.32. The van der Waals surface area contributed by atoms with Crippen LogP contribution in [0.4, 0.5) is 15.8 Å². The molecule has 4 nitrogen and oxygen atoms in total. The Morgan fingerprint density at radius 2 is 1.68 bits per heavy atom. The quantitative estimate of drug-likeness (QED) is 0.361. The van der Waals surface area contributed by atoms with Crippen molar-refractivity contribution in [3.8, 4) is 28.3 Å². The van der Waals surface area contributed by atoms with Crippen LogP contribution in [0.2, 0.25) is 0 Å². The molecule has 166 valence electrons. The Kier molecular flexibility index (Phi) is 5.80. The van der Waals surface area contributed by atoms with E-state index in [9.17, 15) is 0 Å². The Morgan fingerprint density at radius 1 is 0.912 bits per heavy atom. The van der Waals surface area contributed by atoms with Crippen LogP contribution in [0.5, 0.6) is 0 Å². The van der Waals surface area contributed by atoms with Crippen LogP contribution in [0.25, 0.3) is 22.3 Å². The fourth-order valence-corrected chi connectivity index (χ4v) is 4.20. The highest BCUT2D eigenvalue weighted by Gasteiger charge is 2.23. The molecule has 34 heavy (non-hydrogen) atoms. The van der Waals surface area contributed by atoms with Crippen LogP contribution in [0, 0.1) is 17.1 Å². The fraction of sp³-hybridized carbons (Fsp3) is 0.103. The maximum absolute atomic E-state index is 15.2. The number of anilines is 1. The van der Waals surface area contributed by atoms with Crippen molar-refractivity contribution in [1.82, 2.24) is 4.90 Å². The fourth-order valence-electron chi connectivity index (χ4n) is 4.20. The maximum Gasteiger partial charge on any atom is 0.131 e. The molecule has 5 rings (SSSR count). The molecule has 1 heterocycles. The van der Waals surface area contributed by atoms with E-state index < -0.39 is 0 Å². The van der Waals surface area contributed by atoms with Crippen molar-refractivity contribution in [2.75, 3.05) is 12.4 Å². The van der Waals surface area contributed by atoms with Gasteiger partial charge in [0.2, 0.25) is 0 Å². The summed E-state index contributed by atoms with van der Waals surface area (Å²) in [5, 5.41) is 12.4. The van der Waals surface area contributed by atoms with Gasteiger partial charge in [0.15, 0.2) is 0 Å². The van der Waals surface area contributed by atoms with Crippen LogP contribution in [-0.2, 0) is 6.42 Å². The first-order valence-electron chi connectivity index (χ1n) is 11.1. The van der Waals surface area contributed by atoms with Gasteiger partial charge in [0.1, 0.15) is 12.0 Å². The number of hydrogen-bond donors (Lipinski definition) is 1. The summed E-state index contributed by atoms with van der Waals surface area (Å²) in [5.41, 5.74) is 6.92. The largest absolute Gasteiger partial charge is 0.361 e. The molecular formula is C29H23FN4. The monoisotopic (exact) mass is 446 g/mol. The molecule has 4 aromatic carbocycles. The minimum absolute atomic E-state index is 0.166. The molecule has 4 aromatic rings. The van der Waals surface area contributed by atoms with Gasteiger partial charge < -0.3 is 10.2 Å². The van der Waals surface area contributed by atoms with E-state index >= 15 is 4.39 Å². The van der Waals surface area contributed by atoms with Crippen LogP contribution in [0.3, 0.4) is 0 Å². The highest BCUT2D eigenvalue weighted by atomic mass is 19.1. The van der Waals surface area contributed by atoms with Gasteiger partial charge in [0, 0.05) is 23.9 Å². The van der Waals surface area contributed by atoms with Crippen molar-refractivity contribution in [2.24, 2.45) is 4.99 Å². The molecule has 0 fully saturated rings. The molecule has 0 bridgehead atoms. The number of benzene rings is 4. The van der Waals surface area contributed by atoms with E-state index in [1.54, 1.807) is 12.4 Å². The molecule has 1 unspecified atom stereocenters. The minimum Gasteiger partial charge on any atom is -0.361 e. The number of fused-ring (bicyclic) bond motifs is 1. The normalized spacial score (nSPS) is 14.4. The van der Waals surface area contributed by atoms with Crippen molar-refractivity contribution in [3.05, 3.63) is 108 Å². The van der Waals surface area contributed by atoms with E-state index in [4.69, 9.17) is 5.26 Å². The first kappa shape index (κ1) is 21.4. The summed E-state index contributed by atoms with van der Waals surface area (Å²) in [6.45, 7) is 0. The first-order valence-corrected chi connectivity index (χ1v) is 11.1. The van der Waals surface area contributed by atoms with E-state index in [1.165, 1.54) is 0 Å². The second kappa shape index (κ2) is 9.21. The molecule has 0 aromatic heterocycles. The number of nitrogens with one attached hydrogen (secondary N) is 1. The number of nitriles is 1. The Morgan fingerprint density at radius 3 is 2.41 bits per heavy atom. The summed E-state index contributed by atoms with van der Waals surface area (Å²) in [4.78, 5) is 6.54. The summed E-state index contributed by atoms with van der Waals surface area (Å²) in [6, 6.07) is 31.0. The van der Waals surface area contributed by atoms with E-state index in [0.717, 1.165) is 39.2 Å². The van der Waals surface area contributed by atoms with Crippen LogP contribution in [0.15, 0.2) is 96.0 Å². The molecule has 5 heteroatoms. The van der Waals surface area contributed by atoms with Crippen molar-refractivity contribution >= 4 is 17.7 Å². The zero-order valence-electron chi connectivity index (χ0n) is 18.7. The van der Waals surface area contributed by atoms with E-state index in [2.05, 4.69) is 16.4 Å². The Labute approximate surface area is 198 Å². The number of halogens is 1. The van der Waals surface area contributed by atoms with Crippen LogP contribution in [-0.4, -0.2) is 18.3 Å². The van der Waals surface area contributed by atoms with E-state index in [1.807, 2.05) is 96.9 Å². The van der Waals surface area contributed by atoms with Crippen LogP contribution >= 0.6 is 0 Å². The van der Waals surface area contributed by atoms with Crippen molar-refractivity contribution in [1.29, 1.82) is 5.26 Å². The predicted octanol–water partition coefficient (Wildman–Crippen LogP) is 6.94. The molecular weight excluding hydrogens is 423 g/mol. The summed E-state index contributed by atoms with van der Waals surface area (Å²) in [5.74, 6) is -0.258. The van der Waals surface area contributed by atoms with Crippen molar-refractivity contribution in [2.45, 2.75) is 12.6 Å². The lowest BCUT2D eigenvalue weighted by Gasteiger charge is -2.32. The second-order valence-corrected chi connectivity index (χ2v) is 8.32. The average molecular weight is 447 g/mol. The van der Waals surface area contributed by atoms with Gasteiger partial charge in [-0.3, -0.25) is 0 Å². The Balaban J connectivity index is 1.47. The lowest BCUT2D eigenvalue weighted by atomic mass is 9.96. The third-order valence-electron chi connectivity index (χ3n) is 6.04. The molecule has 0 saturated carbocycles. The third kappa shape index (κ3) is 4.26. The Bertz CT molecular complexity index is 1390. The zero-order valence-corrected chi connectivity index (χ0v) is 18.7. The highest BCUT2D eigenvalue weighted by Crippen LogP contribution is 2.37. The maximum atomic E-state index is 15.2. The molecule has 0 aliphatic carbocycles. The topological polar surface area (TPSA) is 51.4 Å². The Hall–Kier alpha value is -4.43. The van der Waals surface area contributed by atoms with E-state index in [-0.39, 0.29) is 12.0 Å². The van der Waals surface area contributed by atoms with Crippen molar-refractivity contribution < 1.29 is 4.39 Å². The molecule has 0 spiro atoms. The van der Waals surface area contributed by atoms with Gasteiger partial charge >= 0.3 is 0 Å². The number of rotatable bonds is 5. The highest BCUT2D eigenvalue weighted by molar-refractivity contribution is 5.76. The van der Waals surface area contributed by atoms with Gasteiger partial charge in [-0.1, -0.05) is 60.7 Å². The van der Waals surface area contributed by atoms with Crippen LogP contribution in [0.1, 0.15) is 17.3 Å². The number of hydrogen-bond acceptors (Lipinski definition) is 4. The third-order valence-corrected chi connectivity index (χ3v) is 6.04. The van der Waals surface area contributed by atoms with Gasteiger partial charge in [-0.2, -0.15) is 5.26 Å². The summed E-state index contributed by atoms with van der Waals surface area (Å²) < 4.78 is 15.2. The number of aliphatic imine (C=N–C) groups is 1. The molecule has 1 atom stereocenters. The first-order chi connectivity index (χ1) is 16.6. The SMILES string of the molecule is CN1C=Nc2ccc(-c3ccc(-c4ccccc4)cc3F)cc2C1Nc1ccc(CC#N)cc1. The molecule has 0 radical (unpaired) electrons. The van der Waals surface area contributed by atoms with Gasteiger partial charge in [0.05, 0.1) is 24.5 Å². The smallest absolute Gasteiger partial charge is 0.131 e.